The molecule has 3 nitrogen and oxygen atoms in total. The molecule has 0 amide bonds. The third-order valence-corrected chi connectivity index (χ3v) is 7.21. The molecule has 2 N–H and O–H groups in total. The van der Waals surface area contributed by atoms with E-state index in [9.17, 15) is 10.0 Å². The minimum atomic E-state index is -1.87. The van der Waals surface area contributed by atoms with E-state index in [2.05, 4.69) is 76.2 Å². The Morgan fingerprint density at radius 3 is 1.41 bits per heavy atom. The van der Waals surface area contributed by atoms with E-state index in [0.29, 0.717) is 0 Å². The van der Waals surface area contributed by atoms with Crippen LogP contribution in [0.4, 0.5) is 0 Å². The van der Waals surface area contributed by atoms with Crippen molar-refractivity contribution in [1.29, 1.82) is 0 Å². The van der Waals surface area contributed by atoms with Crippen molar-refractivity contribution in [2.24, 2.45) is 5.92 Å². The van der Waals surface area contributed by atoms with E-state index in [1.165, 1.54) is 5.56 Å². The van der Waals surface area contributed by atoms with Crippen molar-refractivity contribution in [3.63, 3.8) is 0 Å². The lowest BCUT2D eigenvalue weighted by atomic mass is 9.60. The molecule has 0 saturated carbocycles. The zero-order valence-corrected chi connectivity index (χ0v) is 19.6. The SMILES string of the molecule is CCC(C(C)c1ccccc1)C(OB(O)O)(C(C)c1ccccc1)C(C)c1ccccc1. The van der Waals surface area contributed by atoms with Gasteiger partial charge in [0.1, 0.15) is 0 Å². The normalized spacial score (nSPS) is 17.1. The fourth-order valence-corrected chi connectivity index (χ4v) is 5.55. The van der Waals surface area contributed by atoms with Crippen LogP contribution in [0.5, 0.6) is 0 Å². The maximum atomic E-state index is 10.2. The molecule has 32 heavy (non-hydrogen) atoms. The van der Waals surface area contributed by atoms with Gasteiger partial charge < -0.3 is 14.7 Å². The number of benzene rings is 3. The van der Waals surface area contributed by atoms with Crippen molar-refractivity contribution in [3.8, 4) is 0 Å². The van der Waals surface area contributed by atoms with Gasteiger partial charge in [0.2, 0.25) is 0 Å². The average Bonchev–Trinajstić information content (AvgIpc) is 2.84. The molecule has 0 aliphatic heterocycles. The summed E-state index contributed by atoms with van der Waals surface area (Å²) in [6.07, 6.45) is 0.830. The summed E-state index contributed by atoms with van der Waals surface area (Å²) in [4.78, 5) is 0. The van der Waals surface area contributed by atoms with Gasteiger partial charge in [-0.2, -0.15) is 0 Å². The Morgan fingerprint density at radius 2 is 1.06 bits per heavy atom. The highest BCUT2D eigenvalue weighted by Gasteiger charge is 2.52. The van der Waals surface area contributed by atoms with Gasteiger partial charge in [0, 0.05) is 11.8 Å². The van der Waals surface area contributed by atoms with E-state index in [-0.39, 0.29) is 23.7 Å². The smallest absolute Gasteiger partial charge is 0.402 e. The molecule has 3 aromatic rings. The second kappa shape index (κ2) is 11.0. The predicted octanol–water partition coefficient (Wildman–Crippen LogP) is 6.15. The molecule has 168 valence electrons. The Morgan fingerprint density at radius 1 is 0.688 bits per heavy atom. The fraction of sp³-hybridized carbons (Fsp3) is 0.357. The van der Waals surface area contributed by atoms with Crippen molar-refractivity contribution in [1.82, 2.24) is 0 Å². The van der Waals surface area contributed by atoms with E-state index in [1.54, 1.807) is 0 Å². The summed E-state index contributed by atoms with van der Waals surface area (Å²) in [5.41, 5.74) is 2.60. The Bertz CT molecular complexity index is 885. The monoisotopic (exact) mass is 430 g/mol. The quantitative estimate of drug-likeness (QED) is 0.380. The molecule has 0 aliphatic rings. The molecule has 0 fully saturated rings. The summed E-state index contributed by atoms with van der Waals surface area (Å²) in [6.45, 7) is 8.69. The molecule has 3 aromatic carbocycles. The maximum Gasteiger partial charge on any atom is 0.634 e. The zero-order valence-electron chi connectivity index (χ0n) is 19.6. The summed E-state index contributed by atoms with van der Waals surface area (Å²) in [7, 11) is -1.87. The third-order valence-electron chi connectivity index (χ3n) is 7.21. The van der Waals surface area contributed by atoms with E-state index < -0.39 is 12.9 Å². The zero-order chi connectivity index (χ0) is 23.1. The molecule has 0 bridgehead atoms. The molecular weight excluding hydrogens is 395 g/mol. The molecule has 3 rings (SSSR count). The van der Waals surface area contributed by atoms with Gasteiger partial charge in [0.25, 0.3) is 0 Å². The van der Waals surface area contributed by atoms with Crippen LogP contribution < -0.4 is 0 Å². The number of rotatable bonds is 10. The van der Waals surface area contributed by atoms with Crippen molar-refractivity contribution in [3.05, 3.63) is 108 Å². The maximum absolute atomic E-state index is 10.2. The van der Waals surface area contributed by atoms with E-state index in [1.807, 2.05) is 42.5 Å². The lowest BCUT2D eigenvalue weighted by Crippen LogP contribution is -2.54. The molecule has 0 heterocycles. The third kappa shape index (κ3) is 4.99. The molecule has 0 spiro atoms. The summed E-state index contributed by atoms with van der Waals surface area (Å²) in [5, 5.41) is 20.4. The van der Waals surface area contributed by atoms with Crippen LogP contribution in [0.25, 0.3) is 0 Å². The Kier molecular flexibility index (Phi) is 8.30. The lowest BCUT2D eigenvalue weighted by Gasteiger charge is -2.51. The lowest BCUT2D eigenvalue weighted by molar-refractivity contribution is -0.0735. The summed E-state index contributed by atoms with van der Waals surface area (Å²) >= 11 is 0. The molecular formula is C28H35BO3. The molecule has 0 aliphatic carbocycles. The van der Waals surface area contributed by atoms with Crippen molar-refractivity contribution in [2.75, 3.05) is 0 Å². The number of hydrogen-bond donors (Lipinski definition) is 2. The van der Waals surface area contributed by atoms with Crippen LogP contribution in [0, 0.1) is 5.92 Å². The predicted molar refractivity (Wildman–Crippen MR) is 132 cm³/mol. The van der Waals surface area contributed by atoms with Crippen LogP contribution in [-0.2, 0) is 4.65 Å². The highest BCUT2D eigenvalue weighted by molar-refractivity contribution is 6.32. The Labute approximate surface area is 193 Å². The molecule has 0 saturated heterocycles. The Balaban J connectivity index is 2.23. The largest absolute Gasteiger partial charge is 0.634 e. The van der Waals surface area contributed by atoms with E-state index in [4.69, 9.17) is 4.65 Å². The van der Waals surface area contributed by atoms with Gasteiger partial charge in [-0.05, 0) is 34.9 Å². The van der Waals surface area contributed by atoms with Crippen LogP contribution in [0.1, 0.15) is 68.6 Å². The van der Waals surface area contributed by atoms with Crippen LogP contribution >= 0.6 is 0 Å². The minimum absolute atomic E-state index is 0.0251. The van der Waals surface area contributed by atoms with Crippen molar-refractivity contribution < 1.29 is 14.7 Å². The van der Waals surface area contributed by atoms with Gasteiger partial charge in [-0.15, -0.1) is 0 Å². The van der Waals surface area contributed by atoms with Gasteiger partial charge in [0.05, 0.1) is 5.60 Å². The summed E-state index contributed by atoms with van der Waals surface area (Å²) < 4.78 is 6.28. The fourth-order valence-electron chi connectivity index (χ4n) is 5.55. The molecule has 4 atom stereocenters. The molecule has 0 radical (unpaired) electrons. The highest BCUT2D eigenvalue weighted by atomic mass is 16.6. The summed E-state index contributed by atoms with van der Waals surface area (Å²) in [5.74, 6) is 0.00280. The van der Waals surface area contributed by atoms with Gasteiger partial charge in [-0.3, -0.25) is 0 Å². The van der Waals surface area contributed by atoms with E-state index >= 15 is 0 Å². The van der Waals surface area contributed by atoms with Crippen molar-refractivity contribution in [2.45, 2.75) is 57.5 Å². The standard InChI is InChI=1S/C28H35BO3/c1-5-27(21(2)24-15-9-6-10-16-24)28(32-29(30)31,22(3)25-17-11-7-12-18-25)23(4)26-19-13-8-14-20-26/h6-23,27,30-31H,5H2,1-4H3. The van der Waals surface area contributed by atoms with Crippen LogP contribution in [-0.4, -0.2) is 23.0 Å². The summed E-state index contributed by atoms with van der Waals surface area (Å²) in [6, 6.07) is 31.0. The minimum Gasteiger partial charge on any atom is -0.402 e. The van der Waals surface area contributed by atoms with Gasteiger partial charge in [0.15, 0.2) is 0 Å². The van der Waals surface area contributed by atoms with Crippen LogP contribution in [0.2, 0.25) is 0 Å². The van der Waals surface area contributed by atoms with Gasteiger partial charge >= 0.3 is 7.32 Å². The average molecular weight is 430 g/mol. The second-order valence-corrected chi connectivity index (χ2v) is 8.78. The first kappa shape index (κ1) is 24.3. The topological polar surface area (TPSA) is 49.7 Å². The Hall–Kier alpha value is -2.40. The molecule has 4 unspecified atom stereocenters. The van der Waals surface area contributed by atoms with Crippen LogP contribution in [0.3, 0.4) is 0 Å². The second-order valence-electron chi connectivity index (χ2n) is 8.78. The molecule has 4 heteroatoms. The number of hydrogen-bond acceptors (Lipinski definition) is 3. The first-order valence-corrected chi connectivity index (χ1v) is 11.6. The molecule has 0 aromatic heterocycles. The first-order valence-electron chi connectivity index (χ1n) is 11.6. The first-order chi connectivity index (χ1) is 15.4. The van der Waals surface area contributed by atoms with Gasteiger partial charge in [-0.1, -0.05) is 119 Å². The van der Waals surface area contributed by atoms with Crippen LogP contribution in [0.15, 0.2) is 91.0 Å². The van der Waals surface area contributed by atoms with Gasteiger partial charge in [-0.25, -0.2) is 0 Å². The highest BCUT2D eigenvalue weighted by Crippen LogP contribution is 2.52. The van der Waals surface area contributed by atoms with Crippen molar-refractivity contribution >= 4 is 7.32 Å². The van der Waals surface area contributed by atoms with E-state index in [0.717, 1.165) is 17.5 Å².